The molecule has 0 bridgehead atoms. The van der Waals surface area contributed by atoms with E-state index in [-0.39, 0.29) is 53.0 Å². The lowest BCUT2D eigenvalue weighted by molar-refractivity contribution is -0.133. The van der Waals surface area contributed by atoms with E-state index in [1.54, 1.807) is 19.1 Å². The van der Waals surface area contributed by atoms with E-state index in [9.17, 15) is 23.2 Å². The first kappa shape index (κ1) is 23.9. The molecule has 0 saturated heterocycles. The van der Waals surface area contributed by atoms with E-state index < -0.39 is 23.2 Å². The number of nitrogens with one attached hydrogen (secondary N) is 2. The molecule has 1 aliphatic carbocycles. The molecule has 0 unspecified atom stereocenters. The third kappa shape index (κ3) is 4.32. The molecule has 0 spiro atoms. The van der Waals surface area contributed by atoms with Crippen molar-refractivity contribution in [3.05, 3.63) is 82.4 Å². The van der Waals surface area contributed by atoms with Crippen molar-refractivity contribution in [1.29, 1.82) is 0 Å². The maximum absolute atomic E-state index is 13.7. The van der Waals surface area contributed by atoms with Crippen LogP contribution in [0.15, 0.2) is 48.8 Å². The second kappa shape index (κ2) is 9.02. The second-order valence-electron chi connectivity index (χ2n) is 9.14. The zero-order chi connectivity index (χ0) is 25.6. The predicted molar refractivity (Wildman–Crippen MR) is 127 cm³/mol. The number of carbonyl (C=O) groups excluding carboxylic acids is 3. The average Bonchev–Trinajstić information content (AvgIpc) is 3.57. The highest BCUT2D eigenvalue weighted by atomic mass is 35.5. The van der Waals surface area contributed by atoms with Gasteiger partial charge in [0.1, 0.15) is 22.9 Å². The molecule has 3 amide bonds. The van der Waals surface area contributed by atoms with Crippen LogP contribution in [0.2, 0.25) is 5.02 Å². The van der Waals surface area contributed by atoms with Crippen LogP contribution in [0.5, 0.6) is 0 Å². The SMILES string of the molecule is C[C@]1(C(=O)NCc2ccc(F)cc2)Cn2cnc(C(=O)Nc3ccc(F)cc3Cl)c2C(=O)N1C1CC1. The predicted octanol–water partition coefficient (Wildman–Crippen LogP) is 3.76. The summed E-state index contributed by atoms with van der Waals surface area (Å²) in [6.45, 7) is 1.95. The van der Waals surface area contributed by atoms with Crippen LogP contribution in [0, 0.1) is 11.6 Å². The normalized spacial score (nSPS) is 19.1. The molecule has 2 heterocycles. The van der Waals surface area contributed by atoms with Crippen molar-refractivity contribution in [2.24, 2.45) is 0 Å². The van der Waals surface area contributed by atoms with Gasteiger partial charge in [0.15, 0.2) is 5.69 Å². The van der Waals surface area contributed by atoms with E-state index in [4.69, 9.17) is 11.6 Å². The van der Waals surface area contributed by atoms with Crippen LogP contribution in [0.1, 0.15) is 46.3 Å². The Hall–Kier alpha value is -3.79. The lowest BCUT2D eigenvalue weighted by Crippen LogP contribution is -2.64. The fourth-order valence-corrected chi connectivity index (χ4v) is 4.68. The number of aromatic nitrogens is 2. The van der Waals surface area contributed by atoms with Crippen LogP contribution >= 0.6 is 11.6 Å². The summed E-state index contributed by atoms with van der Waals surface area (Å²) >= 11 is 6.02. The van der Waals surface area contributed by atoms with E-state index >= 15 is 0 Å². The molecule has 1 saturated carbocycles. The summed E-state index contributed by atoms with van der Waals surface area (Å²) in [5, 5.41) is 5.43. The van der Waals surface area contributed by atoms with Crippen molar-refractivity contribution in [3.63, 3.8) is 0 Å². The number of hydrogen-bond donors (Lipinski definition) is 2. The summed E-state index contributed by atoms with van der Waals surface area (Å²) < 4.78 is 28.0. The van der Waals surface area contributed by atoms with Crippen molar-refractivity contribution in [2.75, 3.05) is 5.32 Å². The number of fused-ring (bicyclic) bond motifs is 1. The van der Waals surface area contributed by atoms with Crippen molar-refractivity contribution in [2.45, 2.75) is 44.4 Å². The lowest BCUT2D eigenvalue weighted by Gasteiger charge is -2.44. The van der Waals surface area contributed by atoms with Crippen molar-refractivity contribution in [1.82, 2.24) is 19.8 Å². The van der Waals surface area contributed by atoms with Gasteiger partial charge in [-0.3, -0.25) is 14.4 Å². The Balaban J connectivity index is 1.40. The van der Waals surface area contributed by atoms with E-state index in [0.29, 0.717) is 0 Å². The molecule has 186 valence electrons. The molecule has 11 heteroatoms. The Morgan fingerprint density at radius 3 is 2.50 bits per heavy atom. The van der Waals surface area contributed by atoms with Gasteiger partial charge in [-0.05, 0) is 55.7 Å². The van der Waals surface area contributed by atoms with Gasteiger partial charge in [0.05, 0.1) is 23.6 Å². The Labute approximate surface area is 210 Å². The summed E-state index contributed by atoms with van der Waals surface area (Å²) in [7, 11) is 0. The third-order valence-corrected chi connectivity index (χ3v) is 6.74. The minimum absolute atomic E-state index is 0.00719. The molecule has 36 heavy (non-hydrogen) atoms. The maximum atomic E-state index is 13.7. The van der Waals surface area contributed by atoms with Gasteiger partial charge in [-0.1, -0.05) is 23.7 Å². The first-order chi connectivity index (χ1) is 17.2. The molecule has 2 aromatic carbocycles. The molecule has 2 aliphatic rings. The minimum atomic E-state index is -1.22. The highest BCUT2D eigenvalue weighted by molar-refractivity contribution is 6.34. The second-order valence-corrected chi connectivity index (χ2v) is 9.54. The van der Waals surface area contributed by atoms with Gasteiger partial charge >= 0.3 is 0 Å². The number of anilines is 1. The number of hydrogen-bond acceptors (Lipinski definition) is 4. The van der Waals surface area contributed by atoms with Crippen LogP contribution in [0.3, 0.4) is 0 Å². The summed E-state index contributed by atoms with van der Waals surface area (Å²) in [6, 6.07) is 9.18. The summed E-state index contributed by atoms with van der Waals surface area (Å²) in [4.78, 5) is 45.7. The standard InChI is InChI=1S/C25H22ClF2N5O3/c1-25(24(36)29-11-14-2-4-15(27)5-3-14)12-32-13-30-20(21(32)23(35)33(25)17-7-8-17)22(34)31-19-9-6-16(28)10-18(19)26/h2-6,9-10,13,17H,7-8,11-12H2,1H3,(H,29,36)(H,31,34)/t25-/m1/s1. The minimum Gasteiger partial charge on any atom is -0.350 e. The van der Waals surface area contributed by atoms with Gasteiger partial charge in [-0.15, -0.1) is 0 Å². The molecule has 3 aromatic rings. The molecule has 1 fully saturated rings. The number of benzene rings is 2. The molecule has 0 radical (unpaired) electrons. The lowest BCUT2D eigenvalue weighted by atomic mass is 9.93. The van der Waals surface area contributed by atoms with Crippen LogP contribution in [0.25, 0.3) is 0 Å². The fourth-order valence-electron chi connectivity index (χ4n) is 4.47. The summed E-state index contributed by atoms with van der Waals surface area (Å²) in [6.07, 6.45) is 2.84. The molecule has 2 N–H and O–H groups in total. The van der Waals surface area contributed by atoms with Crippen molar-refractivity contribution in [3.8, 4) is 0 Å². The van der Waals surface area contributed by atoms with E-state index in [0.717, 1.165) is 30.5 Å². The smallest absolute Gasteiger partial charge is 0.276 e. The van der Waals surface area contributed by atoms with E-state index in [2.05, 4.69) is 15.6 Å². The van der Waals surface area contributed by atoms with Crippen molar-refractivity contribution < 1.29 is 23.2 Å². The zero-order valence-electron chi connectivity index (χ0n) is 19.2. The molecule has 1 atom stereocenters. The van der Waals surface area contributed by atoms with Gasteiger partial charge in [0.25, 0.3) is 11.8 Å². The van der Waals surface area contributed by atoms with Gasteiger partial charge in [0.2, 0.25) is 5.91 Å². The van der Waals surface area contributed by atoms with E-state index in [1.165, 1.54) is 34.0 Å². The van der Waals surface area contributed by atoms with Gasteiger partial charge in [-0.2, -0.15) is 0 Å². The Kier molecular flexibility index (Phi) is 5.99. The molecular weight excluding hydrogens is 492 g/mol. The number of nitrogens with zero attached hydrogens (tertiary/aromatic N) is 3. The van der Waals surface area contributed by atoms with Gasteiger partial charge in [0, 0.05) is 12.6 Å². The highest BCUT2D eigenvalue weighted by Crippen LogP contribution is 2.39. The Morgan fingerprint density at radius 1 is 1.14 bits per heavy atom. The Morgan fingerprint density at radius 2 is 1.83 bits per heavy atom. The average molecular weight is 514 g/mol. The van der Waals surface area contributed by atoms with Crippen LogP contribution in [-0.4, -0.2) is 43.8 Å². The summed E-state index contributed by atoms with van der Waals surface area (Å²) in [5.41, 5.74) is -0.367. The fraction of sp³-hybridized carbons (Fsp3) is 0.280. The van der Waals surface area contributed by atoms with Crippen LogP contribution < -0.4 is 10.6 Å². The summed E-state index contributed by atoms with van der Waals surface area (Å²) in [5.74, 6) is -2.44. The number of imidazole rings is 1. The topological polar surface area (TPSA) is 96.3 Å². The van der Waals surface area contributed by atoms with Crippen molar-refractivity contribution >= 4 is 35.0 Å². The number of rotatable bonds is 6. The third-order valence-electron chi connectivity index (χ3n) is 6.43. The molecular formula is C25H22ClF2N5O3. The quantitative estimate of drug-likeness (QED) is 0.524. The maximum Gasteiger partial charge on any atom is 0.276 e. The highest BCUT2D eigenvalue weighted by Gasteiger charge is 2.53. The van der Waals surface area contributed by atoms with E-state index in [1.807, 2.05) is 0 Å². The van der Waals surface area contributed by atoms with Gasteiger partial charge in [-0.25, -0.2) is 13.8 Å². The molecule has 1 aliphatic heterocycles. The molecule has 1 aromatic heterocycles. The number of halogens is 3. The monoisotopic (exact) mass is 513 g/mol. The number of amides is 3. The van der Waals surface area contributed by atoms with Crippen LogP contribution in [0.4, 0.5) is 14.5 Å². The largest absolute Gasteiger partial charge is 0.350 e. The zero-order valence-corrected chi connectivity index (χ0v) is 20.0. The molecule has 5 rings (SSSR count). The van der Waals surface area contributed by atoms with Gasteiger partial charge < -0.3 is 20.1 Å². The molecule has 8 nitrogen and oxygen atoms in total. The first-order valence-corrected chi connectivity index (χ1v) is 11.7. The number of carbonyl (C=O) groups is 3. The van der Waals surface area contributed by atoms with Crippen LogP contribution in [-0.2, 0) is 17.9 Å². The Bertz CT molecular complexity index is 1370. The first-order valence-electron chi connectivity index (χ1n) is 11.4.